The lowest BCUT2D eigenvalue weighted by molar-refractivity contribution is -0.128. The summed E-state index contributed by atoms with van der Waals surface area (Å²) in [5.41, 5.74) is 3.46. The molecule has 7 heteroatoms. The van der Waals surface area contributed by atoms with Crippen molar-refractivity contribution in [2.75, 3.05) is 43.9 Å². The fourth-order valence-electron chi connectivity index (χ4n) is 3.92. The van der Waals surface area contributed by atoms with Gasteiger partial charge in [-0.3, -0.25) is 9.36 Å². The van der Waals surface area contributed by atoms with Gasteiger partial charge in [-0.1, -0.05) is 49.9 Å². The number of benzene rings is 2. The van der Waals surface area contributed by atoms with E-state index in [1.54, 1.807) is 13.3 Å². The van der Waals surface area contributed by atoms with Crippen LogP contribution in [0.2, 0.25) is 0 Å². The minimum atomic E-state index is 0.152. The average molecular weight is 451 g/mol. The van der Waals surface area contributed by atoms with Crippen molar-refractivity contribution in [1.82, 2.24) is 14.5 Å². The van der Waals surface area contributed by atoms with Crippen molar-refractivity contribution in [2.24, 2.45) is 0 Å². The molecule has 1 aliphatic heterocycles. The Morgan fingerprint density at radius 1 is 1.06 bits per heavy atom. The molecule has 1 aliphatic rings. The molecular formula is C25H30N4O2S. The Kier molecular flexibility index (Phi) is 7.05. The summed E-state index contributed by atoms with van der Waals surface area (Å²) in [4.78, 5) is 21.6. The number of rotatable bonds is 7. The lowest BCUT2D eigenvalue weighted by Gasteiger charge is -2.36. The molecule has 0 saturated carbocycles. The smallest absolute Gasteiger partial charge is 0.233 e. The first kappa shape index (κ1) is 22.3. The van der Waals surface area contributed by atoms with Crippen LogP contribution in [0.25, 0.3) is 5.69 Å². The van der Waals surface area contributed by atoms with Crippen LogP contribution < -0.4 is 9.64 Å². The zero-order valence-electron chi connectivity index (χ0n) is 18.9. The number of nitrogens with zero attached hydrogens (tertiary/aromatic N) is 4. The Hall–Kier alpha value is -2.93. The fraction of sp³-hybridized carbons (Fsp3) is 0.360. The van der Waals surface area contributed by atoms with E-state index in [1.807, 2.05) is 33.9 Å². The van der Waals surface area contributed by atoms with E-state index in [9.17, 15) is 4.79 Å². The predicted octanol–water partition coefficient (Wildman–Crippen LogP) is 4.45. The van der Waals surface area contributed by atoms with Crippen LogP contribution in [0.3, 0.4) is 0 Å². The predicted molar refractivity (Wildman–Crippen MR) is 130 cm³/mol. The minimum Gasteiger partial charge on any atom is -0.495 e. The third-order valence-corrected chi connectivity index (χ3v) is 6.78. The summed E-state index contributed by atoms with van der Waals surface area (Å²) in [7, 11) is 1.69. The number of ether oxygens (including phenoxy) is 1. The molecule has 2 heterocycles. The maximum Gasteiger partial charge on any atom is 0.233 e. The SMILES string of the molecule is COc1ccccc1N1CCN(C(=O)CSc2nccn2-c2ccc(C(C)C)cc2)CC1. The lowest BCUT2D eigenvalue weighted by Crippen LogP contribution is -2.49. The van der Waals surface area contributed by atoms with Crippen molar-refractivity contribution in [1.29, 1.82) is 0 Å². The molecule has 2 aromatic carbocycles. The number of carbonyl (C=O) groups is 1. The van der Waals surface area contributed by atoms with Gasteiger partial charge in [-0.2, -0.15) is 0 Å². The number of anilines is 1. The third-order valence-electron chi connectivity index (χ3n) is 5.83. The van der Waals surface area contributed by atoms with Gasteiger partial charge in [-0.25, -0.2) is 4.98 Å². The van der Waals surface area contributed by atoms with E-state index in [-0.39, 0.29) is 5.91 Å². The summed E-state index contributed by atoms with van der Waals surface area (Å²) in [5.74, 6) is 1.91. The fourth-order valence-corrected chi connectivity index (χ4v) is 4.79. The van der Waals surface area contributed by atoms with Crippen molar-refractivity contribution >= 4 is 23.4 Å². The zero-order valence-corrected chi connectivity index (χ0v) is 19.7. The molecule has 0 bridgehead atoms. The first-order chi connectivity index (χ1) is 15.6. The van der Waals surface area contributed by atoms with Gasteiger partial charge in [0.2, 0.25) is 5.91 Å². The summed E-state index contributed by atoms with van der Waals surface area (Å²) in [5, 5.41) is 0.836. The van der Waals surface area contributed by atoms with Crippen LogP contribution in [0.1, 0.15) is 25.3 Å². The molecule has 3 aromatic rings. The van der Waals surface area contributed by atoms with Gasteiger partial charge in [0.25, 0.3) is 0 Å². The Balaban J connectivity index is 1.33. The van der Waals surface area contributed by atoms with Crippen LogP contribution in [0, 0.1) is 0 Å². The van der Waals surface area contributed by atoms with Gasteiger partial charge < -0.3 is 14.5 Å². The quantitative estimate of drug-likeness (QED) is 0.498. The molecule has 32 heavy (non-hydrogen) atoms. The van der Waals surface area contributed by atoms with Gasteiger partial charge in [-0.05, 0) is 35.7 Å². The first-order valence-electron chi connectivity index (χ1n) is 11.0. The number of thioether (sulfide) groups is 1. The maximum atomic E-state index is 12.9. The summed E-state index contributed by atoms with van der Waals surface area (Å²) in [6.45, 7) is 7.40. The summed E-state index contributed by atoms with van der Waals surface area (Å²) in [6, 6.07) is 16.6. The Morgan fingerprint density at radius 2 is 1.78 bits per heavy atom. The maximum absolute atomic E-state index is 12.9. The van der Waals surface area contributed by atoms with E-state index in [2.05, 4.69) is 54.1 Å². The van der Waals surface area contributed by atoms with Gasteiger partial charge in [-0.15, -0.1) is 0 Å². The molecule has 0 spiro atoms. The third kappa shape index (κ3) is 4.93. The summed E-state index contributed by atoms with van der Waals surface area (Å²) >= 11 is 1.49. The van der Waals surface area contributed by atoms with Crippen LogP contribution in [-0.2, 0) is 4.79 Å². The number of piperazine rings is 1. The van der Waals surface area contributed by atoms with E-state index in [0.717, 1.165) is 35.4 Å². The van der Waals surface area contributed by atoms with E-state index in [1.165, 1.54) is 17.3 Å². The van der Waals surface area contributed by atoms with Crippen molar-refractivity contribution < 1.29 is 9.53 Å². The Morgan fingerprint density at radius 3 is 2.47 bits per heavy atom. The topological polar surface area (TPSA) is 50.6 Å². The monoisotopic (exact) mass is 450 g/mol. The van der Waals surface area contributed by atoms with Crippen molar-refractivity contribution in [3.05, 3.63) is 66.5 Å². The largest absolute Gasteiger partial charge is 0.495 e. The van der Waals surface area contributed by atoms with E-state index < -0.39 is 0 Å². The average Bonchev–Trinajstić information content (AvgIpc) is 3.31. The van der Waals surface area contributed by atoms with Crippen LogP contribution in [0.4, 0.5) is 5.69 Å². The van der Waals surface area contributed by atoms with E-state index >= 15 is 0 Å². The summed E-state index contributed by atoms with van der Waals surface area (Å²) < 4.78 is 7.53. The van der Waals surface area contributed by atoms with Crippen LogP contribution in [-0.4, -0.2) is 59.4 Å². The van der Waals surface area contributed by atoms with Crippen LogP contribution in [0.15, 0.2) is 66.1 Å². The van der Waals surface area contributed by atoms with Gasteiger partial charge in [0, 0.05) is 44.3 Å². The highest BCUT2D eigenvalue weighted by molar-refractivity contribution is 7.99. The normalized spacial score (nSPS) is 14.1. The molecule has 168 valence electrons. The zero-order chi connectivity index (χ0) is 22.5. The molecule has 1 aromatic heterocycles. The molecule has 4 rings (SSSR count). The van der Waals surface area contributed by atoms with Gasteiger partial charge in [0.15, 0.2) is 5.16 Å². The number of amides is 1. The van der Waals surface area contributed by atoms with Gasteiger partial charge in [0.1, 0.15) is 5.75 Å². The highest BCUT2D eigenvalue weighted by Crippen LogP contribution is 2.29. The number of hydrogen-bond donors (Lipinski definition) is 0. The van der Waals surface area contributed by atoms with Crippen LogP contribution >= 0.6 is 11.8 Å². The standard InChI is InChI=1S/C25H30N4O2S/c1-19(2)20-8-10-21(11-9-20)29-13-12-26-25(29)32-18-24(30)28-16-14-27(15-17-28)22-6-4-5-7-23(22)31-3/h4-13,19H,14-18H2,1-3H3. The number of para-hydroxylation sites is 2. The molecule has 0 atom stereocenters. The number of methoxy groups -OCH3 is 1. The molecule has 1 amide bonds. The van der Waals surface area contributed by atoms with Crippen molar-refractivity contribution in [3.8, 4) is 11.4 Å². The lowest BCUT2D eigenvalue weighted by atomic mass is 10.0. The van der Waals surface area contributed by atoms with E-state index in [4.69, 9.17) is 4.74 Å². The highest BCUT2D eigenvalue weighted by atomic mass is 32.2. The second-order valence-electron chi connectivity index (χ2n) is 8.15. The molecule has 1 fully saturated rings. The number of carbonyl (C=O) groups excluding carboxylic acids is 1. The van der Waals surface area contributed by atoms with Crippen molar-refractivity contribution in [3.63, 3.8) is 0 Å². The first-order valence-corrected chi connectivity index (χ1v) is 12.0. The second kappa shape index (κ2) is 10.1. The Labute approximate surface area is 194 Å². The highest BCUT2D eigenvalue weighted by Gasteiger charge is 2.23. The molecule has 1 saturated heterocycles. The second-order valence-corrected chi connectivity index (χ2v) is 9.10. The minimum absolute atomic E-state index is 0.152. The molecule has 0 N–H and O–H groups in total. The Bertz CT molecular complexity index is 1040. The molecule has 6 nitrogen and oxygen atoms in total. The summed E-state index contributed by atoms with van der Waals surface area (Å²) in [6.07, 6.45) is 3.73. The number of hydrogen-bond acceptors (Lipinski definition) is 5. The van der Waals surface area contributed by atoms with Gasteiger partial charge in [0.05, 0.1) is 18.6 Å². The van der Waals surface area contributed by atoms with Gasteiger partial charge >= 0.3 is 0 Å². The number of imidazole rings is 1. The van der Waals surface area contributed by atoms with Crippen molar-refractivity contribution in [2.45, 2.75) is 24.9 Å². The van der Waals surface area contributed by atoms with Crippen LogP contribution in [0.5, 0.6) is 5.75 Å². The molecule has 0 aliphatic carbocycles. The molecule has 0 unspecified atom stereocenters. The molecular weight excluding hydrogens is 420 g/mol. The molecule has 0 radical (unpaired) electrons. The van der Waals surface area contributed by atoms with E-state index in [0.29, 0.717) is 24.8 Å². The number of aromatic nitrogens is 2.